The summed E-state index contributed by atoms with van der Waals surface area (Å²) in [6.45, 7) is 2.76. The number of H-pyrrole nitrogens is 1. The summed E-state index contributed by atoms with van der Waals surface area (Å²) in [5.74, 6) is 2.01. The molecule has 0 aromatic carbocycles. The number of nitrogens with zero attached hydrogens (tertiary/aromatic N) is 6. The Kier molecular flexibility index (Phi) is 4.29. The summed E-state index contributed by atoms with van der Waals surface area (Å²) in [6.07, 6.45) is 11.1. The minimum Gasteiger partial charge on any atom is -0.346 e. The number of hydrogen-bond donors (Lipinski definition) is 1. The lowest BCUT2D eigenvalue weighted by molar-refractivity contribution is 0.203. The van der Waals surface area contributed by atoms with Crippen molar-refractivity contribution in [1.82, 2.24) is 29.7 Å². The van der Waals surface area contributed by atoms with Crippen molar-refractivity contribution < 1.29 is 0 Å². The van der Waals surface area contributed by atoms with E-state index >= 15 is 0 Å². The van der Waals surface area contributed by atoms with Crippen LogP contribution in [0.15, 0.2) is 18.6 Å². The highest BCUT2D eigenvalue weighted by molar-refractivity contribution is 5.92. The van der Waals surface area contributed by atoms with E-state index in [0.717, 1.165) is 54.1 Å². The number of nitriles is 1. The average molecular weight is 363 g/mol. The van der Waals surface area contributed by atoms with Gasteiger partial charge in [-0.15, -0.1) is 5.10 Å². The summed E-state index contributed by atoms with van der Waals surface area (Å²) in [7, 11) is 0. The van der Waals surface area contributed by atoms with Gasteiger partial charge in [0.1, 0.15) is 17.5 Å². The molecule has 0 unspecified atom stereocenters. The first-order valence-electron chi connectivity index (χ1n) is 10.1. The van der Waals surface area contributed by atoms with Crippen molar-refractivity contribution in [3.63, 3.8) is 0 Å². The van der Waals surface area contributed by atoms with Gasteiger partial charge in [0.25, 0.3) is 0 Å². The average Bonchev–Trinajstić information content (AvgIpc) is 3.19. The lowest BCUT2D eigenvalue weighted by Gasteiger charge is -2.31. The zero-order valence-corrected chi connectivity index (χ0v) is 15.5. The molecule has 3 aromatic rings. The first-order valence-corrected chi connectivity index (χ1v) is 10.1. The normalized spacial score (nSPS) is 23.3. The third-order valence-corrected chi connectivity index (χ3v) is 6.25. The van der Waals surface area contributed by atoms with Gasteiger partial charge in [-0.25, -0.2) is 9.50 Å². The Balaban J connectivity index is 1.28. The SMILES string of the molecule is N#CCN(CC1CC1)CC1CCC(c2nnn3cnc4[nH]ccc4c23)CC1. The molecule has 2 aliphatic rings. The number of rotatable bonds is 6. The largest absolute Gasteiger partial charge is 0.346 e. The van der Waals surface area contributed by atoms with Gasteiger partial charge in [0.2, 0.25) is 0 Å². The van der Waals surface area contributed by atoms with E-state index in [2.05, 4.69) is 37.3 Å². The maximum Gasteiger partial charge on any atom is 0.141 e. The summed E-state index contributed by atoms with van der Waals surface area (Å²) in [4.78, 5) is 9.95. The van der Waals surface area contributed by atoms with Crippen LogP contribution in [0.4, 0.5) is 0 Å². The number of fused-ring (bicyclic) bond motifs is 3. The van der Waals surface area contributed by atoms with Gasteiger partial charge in [-0.3, -0.25) is 4.90 Å². The standard InChI is InChI=1S/C20H25N7/c21-8-10-26(11-14-1-2-14)12-15-3-5-16(6-4-15)18-19-17-7-9-22-20(17)23-13-27(19)25-24-18/h7,9,13-16,22H,1-6,10-12H2. The molecule has 5 rings (SSSR count). The molecule has 0 radical (unpaired) electrons. The zero-order chi connectivity index (χ0) is 18.2. The predicted molar refractivity (Wildman–Crippen MR) is 102 cm³/mol. The minimum absolute atomic E-state index is 0.465. The molecule has 27 heavy (non-hydrogen) atoms. The van der Waals surface area contributed by atoms with E-state index in [4.69, 9.17) is 5.26 Å². The van der Waals surface area contributed by atoms with E-state index in [1.165, 1.54) is 25.7 Å². The molecule has 0 aliphatic heterocycles. The molecule has 140 valence electrons. The Morgan fingerprint density at radius 2 is 1.89 bits per heavy atom. The quantitative estimate of drug-likeness (QED) is 0.680. The molecule has 0 spiro atoms. The Morgan fingerprint density at radius 1 is 1.15 bits per heavy atom. The molecule has 3 heterocycles. The van der Waals surface area contributed by atoms with Crippen molar-refractivity contribution in [2.75, 3.05) is 19.6 Å². The molecular weight excluding hydrogens is 338 g/mol. The van der Waals surface area contributed by atoms with E-state index in [-0.39, 0.29) is 0 Å². The Morgan fingerprint density at radius 3 is 2.59 bits per heavy atom. The molecule has 2 fully saturated rings. The van der Waals surface area contributed by atoms with E-state index in [1.807, 2.05) is 10.7 Å². The van der Waals surface area contributed by atoms with E-state index in [1.54, 1.807) is 6.33 Å². The second-order valence-electron chi connectivity index (χ2n) is 8.27. The molecule has 0 saturated heterocycles. The van der Waals surface area contributed by atoms with E-state index < -0.39 is 0 Å². The number of hydrogen-bond acceptors (Lipinski definition) is 5. The summed E-state index contributed by atoms with van der Waals surface area (Å²) in [5.41, 5.74) is 3.11. The molecule has 7 nitrogen and oxygen atoms in total. The fourth-order valence-electron chi connectivity index (χ4n) is 4.65. The minimum atomic E-state index is 0.465. The van der Waals surface area contributed by atoms with Crippen LogP contribution in [-0.2, 0) is 0 Å². The molecule has 1 N–H and O–H groups in total. The van der Waals surface area contributed by atoms with Crippen LogP contribution >= 0.6 is 0 Å². The molecule has 7 heteroatoms. The molecular formula is C20H25N7. The third kappa shape index (κ3) is 3.30. The Bertz CT molecular complexity index is 969. The van der Waals surface area contributed by atoms with Gasteiger partial charge in [-0.1, -0.05) is 5.21 Å². The van der Waals surface area contributed by atoms with Gasteiger partial charge in [-0.05, 0) is 56.4 Å². The van der Waals surface area contributed by atoms with Gasteiger partial charge in [0, 0.05) is 30.6 Å². The molecule has 3 aromatic heterocycles. The predicted octanol–water partition coefficient (Wildman–Crippen LogP) is 3.11. The van der Waals surface area contributed by atoms with Crippen LogP contribution in [-0.4, -0.2) is 49.3 Å². The lowest BCUT2D eigenvalue weighted by atomic mass is 9.80. The molecule has 2 aliphatic carbocycles. The topological polar surface area (TPSA) is 85.9 Å². The number of aromatic amines is 1. The summed E-state index contributed by atoms with van der Waals surface area (Å²) >= 11 is 0. The van der Waals surface area contributed by atoms with E-state index in [9.17, 15) is 0 Å². The van der Waals surface area contributed by atoms with Crippen LogP contribution < -0.4 is 0 Å². The highest BCUT2D eigenvalue weighted by Crippen LogP contribution is 2.38. The summed E-state index contributed by atoms with van der Waals surface area (Å²) in [5, 5.41) is 19.0. The molecule has 0 atom stereocenters. The monoisotopic (exact) mass is 363 g/mol. The molecule has 2 saturated carbocycles. The molecule has 0 bridgehead atoms. The van der Waals surface area contributed by atoms with Gasteiger partial charge in [0.15, 0.2) is 0 Å². The summed E-state index contributed by atoms with van der Waals surface area (Å²) in [6, 6.07) is 4.42. The summed E-state index contributed by atoms with van der Waals surface area (Å²) < 4.78 is 1.81. The fourth-order valence-corrected chi connectivity index (χ4v) is 4.65. The number of nitrogens with one attached hydrogen (secondary N) is 1. The van der Waals surface area contributed by atoms with Crippen LogP contribution in [0.2, 0.25) is 0 Å². The van der Waals surface area contributed by atoms with Crippen LogP contribution in [0.5, 0.6) is 0 Å². The lowest BCUT2D eigenvalue weighted by Crippen LogP contribution is -2.33. The fraction of sp³-hybridized carbons (Fsp3) is 0.600. The van der Waals surface area contributed by atoms with Crippen molar-refractivity contribution in [2.45, 2.75) is 44.4 Å². The Labute approximate surface area is 158 Å². The van der Waals surface area contributed by atoms with Crippen molar-refractivity contribution in [3.8, 4) is 6.07 Å². The zero-order valence-electron chi connectivity index (χ0n) is 15.5. The highest BCUT2D eigenvalue weighted by Gasteiger charge is 2.29. The van der Waals surface area contributed by atoms with Crippen LogP contribution in [0.1, 0.15) is 50.1 Å². The smallest absolute Gasteiger partial charge is 0.141 e. The first-order chi connectivity index (χ1) is 13.3. The van der Waals surface area contributed by atoms with Crippen molar-refractivity contribution in [1.29, 1.82) is 5.26 Å². The van der Waals surface area contributed by atoms with Crippen molar-refractivity contribution in [2.24, 2.45) is 11.8 Å². The molecule has 0 amide bonds. The van der Waals surface area contributed by atoms with Crippen molar-refractivity contribution >= 4 is 16.6 Å². The maximum absolute atomic E-state index is 9.12. The maximum atomic E-state index is 9.12. The van der Waals surface area contributed by atoms with Gasteiger partial charge in [-0.2, -0.15) is 5.26 Å². The second kappa shape index (κ2) is 6.93. The highest BCUT2D eigenvalue weighted by atomic mass is 15.4. The number of aromatic nitrogens is 5. The van der Waals surface area contributed by atoms with Crippen LogP contribution in [0, 0.1) is 23.2 Å². The van der Waals surface area contributed by atoms with Crippen molar-refractivity contribution in [3.05, 3.63) is 24.3 Å². The van der Waals surface area contributed by atoms with Crippen LogP contribution in [0.25, 0.3) is 16.6 Å². The van der Waals surface area contributed by atoms with Gasteiger partial charge < -0.3 is 4.98 Å². The van der Waals surface area contributed by atoms with Crippen LogP contribution in [0.3, 0.4) is 0 Å². The third-order valence-electron chi connectivity index (χ3n) is 6.25. The van der Waals surface area contributed by atoms with Gasteiger partial charge >= 0.3 is 0 Å². The Hall–Kier alpha value is -2.46. The van der Waals surface area contributed by atoms with E-state index in [0.29, 0.717) is 18.4 Å². The van der Waals surface area contributed by atoms with Gasteiger partial charge in [0.05, 0.1) is 18.3 Å². The second-order valence-corrected chi connectivity index (χ2v) is 8.27. The first kappa shape index (κ1) is 16.7.